The lowest BCUT2D eigenvalue weighted by Gasteiger charge is -2.22. The van der Waals surface area contributed by atoms with E-state index in [0.717, 1.165) is 22.6 Å². The summed E-state index contributed by atoms with van der Waals surface area (Å²) in [6.07, 6.45) is 0.662. The predicted octanol–water partition coefficient (Wildman–Crippen LogP) is 4.52. The zero-order valence-corrected chi connectivity index (χ0v) is 19.3. The highest BCUT2D eigenvalue weighted by atomic mass is 16.7. The normalized spacial score (nSPS) is 16.1. The van der Waals surface area contributed by atoms with Crippen LogP contribution in [-0.4, -0.2) is 36.4 Å². The highest BCUT2D eigenvalue weighted by Gasteiger charge is 2.33. The van der Waals surface area contributed by atoms with Gasteiger partial charge in [-0.15, -0.1) is 0 Å². The number of anilines is 1. The van der Waals surface area contributed by atoms with Gasteiger partial charge in [0.15, 0.2) is 11.5 Å². The third-order valence-corrected chi connectivity index (χ3v) is 6.00. The van der Waals surface area contributed by atoms with Gasteiger partial charge in [0.05, 0.1) is 18.9 Å². The molecule has 1 atom stereocenters. The van der Waals surface area contributed by atoms with Crippen LogP contribution in [-0.2, 0) is 9.59 Å². The fourth-order valence-electron chi connectivity index (χ4n) is 4.16. The zero-order valence-electron chi connectivity index (χ0n) is 19.3. The minimum atomic E-state index is -0.260. The molecule has 0 aromatic heterocycles. The van der Waals surface area contributed by atoms with Gasteiger partial charge in [0.2, 0.25) is 18.6 Å². The number of hydrazone groups is 1. The van der Waals surface area contributed by atoms with Gasteiger partial charge in [-0.3, -0.25) is 9.59 Å². The Hall–Kier alpha value is -4.33. The summed E-state index contributed by atoms with van der Waals surface area (Å²) in [5.41, 5.74) is 3.36. The molecule has 35 heavy (non-hydrogen) atoms. The van der Waals surface area contributed by atoms with E-state index < -0.39 is 0 Å². The minimum absolute atomic E-state index is 0.0363. The molecule has 0 unspecified atom stereocenters. The summed E-state index contributed by atoms with van der Waals surface area (Å²) in [7, 11) is 1.62. The number of benzene rings is 3. The van der Waals surface area contributed by atoms with Crippen molar-refractivity contribution in [2.24, 2.45) is 5.10 Å². The molecule has 2 aliphatic rings. The molecule has 0 bridgehead atoms. The molecular formula is C27H25N3O5. The molecule has 178 valence electrons. The van der Waals surface area contributed by atoms with Gasteiger partial charge in [0.1, 0.15) is 5.75 Å². The summed E-state index contributed by atoms with van der Waals surface area (Å²) < 4.78 is 15.9. The lowest BCUT2D eigenvalue weighted by Crippen LogP contribution is -2.28. The lowest BCUT2D eigenvalue weighted by molar-refractivity contribution is -0.134. The monoisotopic (exact) mass is 471 g/mol. The van der Waals surface area contributed by atoms with E-state index in [2.05, 4.69) is 10.4 Å². The molecule has 8 heteroatoms. The van der Waals surface area contributed by atoms with Crippen molar-refractivity contribution in [3.63, 3.8) is 0 Å². The maximum atomic E-state index is 13.2. The molecule has 0 aliphatic carbocycles. The van der Waals surface area contributed by atoms with Gasteiger partial charge < -0.3 is 19.5 Å². The molecule has 5 rings (SSSR count). The lowest BCUT2D eigenvalue weighted by atomic mass is 9.98. The number of methoxy groups -OCH3 is 1. The van der Waals surface area contributed by atoms with Crippen molar-refractivity contribution in [2.75, 3.05) is 19.2 Å². The Kier molecular flexibility index (Phi) is 6.34. The highest BCUT2D eigenvalue weighted by Crippen LogP contribution is 2.35. The number of hydrogen-bond acceptors (Lipinski definition) is 6. The van der Waals surface area contributed by atoms with E-state index in [1.54, 1.807) is 25.3 Å². The second-order valence-electron chi connectivity index (χ2n) is 8.26. The van der Waals surface area contributed by atoms with Gasteiger partial charge in [-0.2, -0.15) is 5.10 Å². The Morgan fingerprint density at radius 3 is 2.54 bits per heavy atom. The summed E-state index contributed by atoms with van der Waals surface area (Å²) in [6, 6.07) is 22.4. The number of nitrogens with zero attached hydrogens (tertiary/aromatic N) is 2. The standard InChI is InChI=1S/C27H25N3O5/c1-33-21-10-7-19(8-11-21)23-16-22(18-5-3-2-4-6-18)29-30(23)27(32)14-13-26(31)28-20-9-12-24-25(15-20)35-17-34-24/h2-12,15,23H,13-14,16-17H2,1H3,(H,28,31)/t23-/m1/s1. The van der Waals surface area contributed by atoms with Crippen molar-refractivity contribution in [3.05, 3.63) is 83.9 Å². The molecule has 0 spiro atoms. The number of amides is 2. The van der Waals surface area contributed by atoms with Crippen molar-refractivity contribution >= 4 is 23.2 Å². The first-order valence-corrected chi connectivity index (χ1v) is 11.4. The van der Waals surface area contributed by atoms with Crippen LogP contribution in [0.15, 0.2) is 77.9 Å². The zero-order chi connectivity index (χ0) is 24.2. The number of hydrogen-bond donors (Lipinski definition) is 1. The van der Waals surface area contributed by atoms with Crippen molar-refractivity contribution in [1.82, 2.24) is 5.01 Å². The summed E-state index contributed by atoms with van der Waals surface area (Å²) in [6.45, 7) is 0.165. The summed E-state index contributed by atoms with van der Waals surface area (Å²) in [4.78, 5) is 25.8. The van der Waals surface area contributed by atoms with E-state index in [4.69, 9.17) is 14.2 Å². The second kappa shape index (κ2) is 9.89. The first-order chi connectivity index (χ1) is 17.1. The van der Waals surface area contributed by atoms with Gasteiger partial charge in [-0.1, -0.05) is 42.5 Å². The third kappa shape index (κ3) is 4.96. The van der Waals surface area contributed by atoms with E-state index in [1.807, 2.05) is 54.6 Å². The molecule has 2 amide bonds. The SMILES string of the molecule is COc1ccc([C@H]2CC(c3ccccc3)=NN2C(=O)CCC(=O)Nc2ccc3c(c2)OCO3)cc1. The van der Waals surface area contributed by atoms with E-state index in [-0.39, 0.29) is 37.5 Å². The number of carbonyl (C=O) groups excluding carboxylic acids is 2. The maximum Gasteiger partial charge on any atom is 0.243 e. The van der Waals surface area contributed by atoms with Gasteiger partial charge in [-0.25, -0.2) is 5.01 Å². The van der Waals surface area contributed by atoms with Crippen molar-refractivity contribution in [2.45, 2.75) is 25.3 Å². The molecular weight excluding hydrogens is 446 g/mol. The summed E-state index contributed by atoms with van der Waals surface area (Å²) in [5, 5.41) is 8.99. The molecule has 2 aliphatic heterocycles. The fourth-order valence-corrected chi connectivity index (χ4v) is 4.16. The molecule has 3 aromatic rings. The Labute approximate surface area is 203 Å². The number of carbonyl (C=O) groups is 2. The maximum absolute atomic E-state index is 13.2. The number of fused-ring (bicyclic) bond motifs is 1. The molecule has 0 saturated heterocycles. The van der Waals surface area contributed by atoms with Crippen LogP contribution in [0.2, 0.25) is 0 Å². The number of nitrogens with one attached hydrogen (secondary N) is 1. The van der Waals surface area contributed by atoms with E-state index >= 15 is 0 Å². The van der Waals surface area contributed by atoms with Crippen LogP contribution in [0.4, 0.5) is 5.69 Å². The molecule has 2 heterocycles. The van der Waals surface area contributed by atoms with Gasteiger partial charge in [-0.05, 0) is 35.4 Å². The van der Waals surface area contributed by atoms with Crippen molar-refractivity contribution in [1.29, 1.82) is 0 Å². The Morgan fingerprint density at radius 1 is 1.00 bits per heavy atom. The molecule has 0 saturated carbocycles. The highest BCUT2D eigenvalue weighted by molar-refractivity contribution is 6.03. The third-order valence-electron chi connectivity index (χ3n) is 6.00. The Bertz CT molecular complexity index is 1260. The average Bonchev–Trinajstić information content (AvgIpc) is 3.55. The largest absolute Gasteiger partial charge is 0.497 e. The topological polar surface area (TPSA) is 89.5 Å². The van der Waals surface area contributed by atoms with Gasteiger partial charge in [0, 0.05) is 31.0 Å². The van der Waals surface area contributed by atoms with Crippen LogP contribution in [0.3, 0.4) is 0 Å². The Morgan fingerprint density at radius 2 is 1.77 bits per heavy atom. The molecule has 1 N–H and O–H groups in total. The molecule has 8 nitrogen and oxygen atoms in total. The minimum Gasteiger partial charge on any atom is -0.497 e. The van der Waals surface area contributed by atoms with Gasteiger partial charge >= 0.3 is 0 Å². The summed E-state index contributed by atoms with van der Waals surface area (Å²) >= 11 is 0. The average molecular weight is 472 g/mol. The van der Waals surface area contributed by atoms with Crippen LogP contribution >= 0.6 is 0 Å². The summed E-state index contributed by atoms with van der Waals surface area (Å²) in [5.74, 6) is 1.50. The fraction of sp³-hybridized carbons (Fsp3) is 0.222. The quantitative estimate of drug-likeness (QED) is 0.547. The first-order valence-electron chi connectivity index (χ1n) is 11.4. The van der Waals surface area contributed by atoms with Crippen LogP contribution in [0, 0.1) is 0 Å². The van der Waals surface area contributed by atoms with Crippen LogP contribution in [0.5, 0.6) is 17.2 Å². The van der Waals surface area contributed by atoms with Crippen LogP contribution in [0.25, 0.3) is 0 Å². The van der Waals surface area contributed by atoms with Crippen molar-refractivity contribution in [3.8, 4) is 17.2 Å². The van der Waals surface area contributed by atoms with Crippen LogP contribution < -0.4 is 19.5 Å². The van der Waals surface area contributed by atoms with Crippen LogP contribution in [0.1, 0.15) is 36.4 Å². The number of rotatable bonds is 7. The molecule has 0 radical (unpaired) electrons. The van der Waals surface area contributed by atoms with Crippen molar-refractivity contribution < 1.29 is 23.8 Å². The number of ether oxygens (including phenoxy) is 3. The van der Waals surface area contributed by atoms with E-state index in [0.29, 0.717) is 23.6 Å². The predicted molar refractivity (Wildman–Crippen MR) is 131 cm³/mol. The molecule has 0 fully saturated rings. The van der Waals surface area contributed by atoms with Gasteiger partial charge in [0.25, 0.3) is 0 Å². The second-order valence-corrected chi connectivity index (χ2v) is 8.26. The smallest absolute Gasteiger partial charge is 0.243 e. The molecule has 3 aromatic carbocycles. The van der Waals surface area contributed by atoms with E-state index in [9.17, 15) is 9.59 Å². The first kappa shape index (κ1) is 22.5. The Balaban J connectivity index is 1.28. The van der Waals surface area contributed by atoms with E-state index in [1.165, 1.54) is 5.01 Å².